The molecule has 8 heteroatoms. The van der Waals surface area contributed by atoms with Gasteiger partial charge in [0.25, 0.3) is 0 Å². The largest absolute Gasteiger partial charge is 0.335 e. The molecular formula is C22H25N5O2S. The molecule has 7 nitrogen and oxygen atoms in total. The van der Waals surface area contributed by atoms with Crippen LogP contribution in [0.2, 0.25) is 0 Å². The topological polar surface area (TPSA) is 96.0 Å². The second-order valence-electron chi connectivity index (χ2n) is 7.67. The molecule has 1 aromatic carbocycles. The van der Waals surface area contributed by atoms with Crippen LogP contribution in [0.25, 0.3) is 21.3 Å². The van der Waals surface area contributed by atoms with Gasteiger partial charge in [-0.05, 0) is 43.5 Å². The number of thiazole rings is 1. The Labute approximate surface area is 179 Å². The van der Waals surface area contributed by atoms with Crippen molar-refractivity contribution in [2.45, 2.75) is 52.0 Å². The molecule has 0 radical (unpaired) electrons. The number of carbonyl (C=O) groups excluding carboxylic acids is 2. The zero-order valence-electron chi connectivity index (χ0n) is 17.1. The number of fused-ring (bicyclic) bond motifs is 1. The van der Waals surface area contributed by atoms with Gasteiger partial charge in [0.15, 0.2) is 5.13 Å². The lowest BCUT2D eigenvalue weighted by atomic mass is 9.96. The molecule has 1 saturated carbocycles. The summed E-state index contributed by atoms with van der Waals surface area (Å²) in [6.45, 7) is 3.35. The van der Waals surface area contributed by atoms with E-state index in [1.165, 1.54) is 37.5 Å². The van der Waals surface area contributed by atoms with Crippen LogP contribution in [0.1, 0.15) is 44.7 Å². The van der Waals surface area contributed by atoms with Gasteiger partial charge in [0.1, 0.15) is 0 Å². The van der Waals surface area contributed by atoms with Crippen molar-refractivity contribution < 1.29 is 9.59 Å². The van der Waals surface area contributed by atoms with Crippen molar-refractivity contribution in [2.75, 3.05) is 10.6 Å². The number of aromatic nitrogens is 2. The van der Waals surface area contributed by atoms with E-state index in [-0.39, 0.29) is 18.0 Å². The van der Waals surface area contributed by atoms with Crippen LogP contribution in [0.3, 0.4) is 0 Å². The van der Waals surface area contributed by atoms with Gasteiger partial charge < -0.3 is 16.0 Å². The number of nitrogens with zero attached hydrogens (tertiary/aromatic N) is 2. The van der Waals surface area contributed by atoms with Crippen molar-refractivity contribution in [3.8, 4) is 11.1 Å². The number of urea groups is 1. The quantitative estimate of drug-likeness (QED) is 0.545. The summed E-state index contributed by atoms with van der Waals surface area (Å²) in [4.78, 5) is 32.6. The summed E-state index contributed by atoms with van der Waals surface area (Å²) in [6, 6.07) is 7.94. The minimum Gasteiger partial charge on any atom is -0.335 e. The summed E-state index contributed by atoms with van der Waals surface area (Å²) in [5.41, 5.74) is 4.18. The Kier molecular flexibility index (Phi) is 5.94. The summed E-state index contributed by atoms with van der Waals surface area (Å²) >= 11 is 1.43. The fourth-order valence-electron chi connectivity index (χ4n) is 3.72. The molecule has 4 rings (SSSR count). The van der Waals surface area contributed by atoms with Crippen molar-refractivity contribution in [2.24, 2.45) is 0 Å². The van der Waals surface area contributed by atoms with E-state index in [4.69, 9.17) is 0 Å². The molecule has 0 atom stereocenters. The SMILES string of the molecule is CC(=O)Nc1nc2ccc(-c3cnc(C)c(NC(=O)NC4CCCCC4)c3)cc2s1. The molecule has 2 heterocycles. The number of nitrogens with one attached hydrogen (secondary N) is 3. The molecule has 0 spiro atoms. The molecular weight excluding hydrogens is 398 g/mol. The van der Waals surface area contributed by atoms with E-state index < -0.39 is 0 Å². The molecule has 30 heavy (non-hydrogen) atoms. The smallest absolute Gasteiger partial charge is 0.319 e. The van der Waals surface area contributed by atoms with E-state index in [1.54, 1.807) is 6.20 Å². The van der Waals surface area contributed by atoms with Crippen molar-refractivity contribution in [1.82, 2.24) is 15.3 Å². The second-order valence-corrected chi connectivity index (χ2v) is 8.70. The zero-order chi connectivity index (χ0) is 21.1. The third-order valence-electron chi connectivity index (χ3n) is 5.28. The molecule has 2 aromatic heterocycles. The number of benzene rings is 1. The zero-order valence-corrected chi connectivity index (χ0v) is 17.9. The van der Waals surface area contributed by atoms with Crippen LogP contribution in [0.4, 0.5) is 15.6 Å². The molecule has 3 amide bonds. The Morgan fingerprint density at radius 1 is 1.07 bits per heavy atom. The summed E-state index contributed by atoms with van der Waals surface area (Å²) in [5, 5.41) is 9.35. The Morgan fingerprint density at radius 2 is 1.87 bits per heavy atom. The van der Waals surface area contributed by atoms with Gasteiger partial charge in [0, 0.05) is 24.7 Å². The summed E-state index contributed by atoms with van der Waals surface area (Å²) in [6.07, 6.45) is 7.48. The molecule has 1 aliphatic rings. The lowest BCUT2D eigenvalue weighted by Crippen LogP contribution is -2.39. The number of hydrogen-bond donors (Lipinski definition) is 3. The predicted octanol–water partition coefficient (Wildman–Crippen LogP) is 5.08. The fraction of sp³-hybridized carbons (Fsp3) is 0.364. The number of pyridine rings is 1. The van der Waals surface area contributed by atoms with Gasteiger partial charge in [-0.3, -0.25) is 9.78 Å². The first-order valence-electron chi connectivity index (χ1n) is 10.2. The van der Waals surface area contributed by atoms with E-state index in [9.17, 15) is 9.59 Å². The van der Waals surface area contributed by atoms with Gasteiger partial charge in [0.05, 0.1) is 21.6 Å². The van der Waals surface area contributed by atoms with Gasteiger partial charge in [0.2, 0.25) is 5.91 Å². The number of carbonyl (C=O) groups is 2. The first kappa shape index (κ1) is 20.3. The van der Waals surface area contributed by atoms with Crippen LogP contribution in [0.5, 0.6) is 0 Å². The van der Waals surface area contributed by atoms with Gasteiger partial charge in [-0.15, -0.1) is 0 Å². The minimum absolute atomic E-state index is 0.140. The van der Waals surface area contributed by atoms with Crippen molar-refractivity contribution in [3.05, 3.63) is 36.2 Å². The van der Waals surface area contributed by atoms with Gasteiger partial charge in [-0.25, -0.2) is 9.78 Å². The van der Waals surface area contributed by atoms with Crippen LogP contribution < -0.4 is 16.0 Å². The maximum Gasteiger partial charge on any atom is 0.319 e. The highest BCUT2D eigenvalue weighted by molar-refractivity contribution is 7.22. The fourth-order valence-corrected chi connectivity index (χ4v) is 4.67. The average Bonchev–Trinajstić information content (AvgIpc) is 3.11. The Balaban J connectivity index is 1.53. The predicted molar refractivity (Wildman–Crippen MR) is 121 cm³/mol. The molecule has 156 valence electrons. The molecule has 1 aliphatic carbocycles. The van der Waals surface area contributed by atoms with Crippen LogP contribution in [0, 0.1) is 6.92 Å². The highest BCUT2D eigenvalue weighted by Crippen LogP contribution is 2.31. The summed E-state index contributed by atoms with van der Waals surface area (Å²) in [5.74, 6) is -0.140. The highest BCUT2D eigenvalue weighted by atomic mass is 32.1. The Hall–Kier alpha value is -3.00. The maximum absolute atomic E-state index is 12.5. The monoisotopic (exact) mass is 423 g/mol. The molecule has 0 bridgehead atoms. The maximum atomic E-state index is 12.5. The minimum atomic E-state index is -0.179. The number of amides is 3. The third kappa shape index (κ3) is 4.76. The van der Waals surface area contributed by atoms with Gasteiger partial charge in [-0.1, -0.05) is 36.7 Å². The van der Waals surface area contributed by atoms with Gasteiger partial charge >= 0.3 is 6.03 Å². The van der Waals surface area contributed by atoms with E-state index >= 15 is 0 Å². The standard InChI is InChI=1S/C22H25N5O2S/c1-13-19(26-21(29)25-17-6-4-3-5-7-17)10-16(12-23-13)15-8-9-18-20(11-15)30-22(27-18)24-14(2)28/h8-12,17H,3-7H2,1-2H3,(H,24,27,28)(H2,25,26,29). The van der Waals surface area contributed by atoms with E-state index in [1.807, 2.05) is 31.2 Å². The Bertz CT molecular complexity index is 1090. The summed E-state index contributed by atoms with van der Waals surface area (Å²) < 4.78 is 0.973. The highest BCUT2D eigenvalue weighted by Gasteiger charge is 2.16. The van der Waals surface area contributed by atoms with Crippen LogP contribution in [-0.4, -0.2) is 27.9 Å². The van der Waals surface area contributed by atoms with Crippen molar-refractivity contribution in [1.29, 1.82) is 0 Å². The first-order chi connectivity index (χ1) is 14.5. The molecule has 0 aliphatic heterocycles. The second kappa shape index (κ2) is 8.79. The first-order valence-corrected chi connectivity index (χ1v) is 11.0. The lowest BCUT2D eigenvalue weighted by Gasteiger charge is -2.23. The van der Waals surface area contributed by atoms with Crippen LogP contribution >= 0.6 is 11.3 Å². The van der Waals surface area contributed by atoms with Crippen LogP contribution in [-0.2, 0) is 4.79 Å². The van der Waals surface area contributed by atoms with E-state index in [0.29, 0.717) is 10.8 Å². The van der Waals surface area contributed by atoms with E-state index in [2.05, 4.69) is 25.9 Å². The molecule has 1 fully saturated rings. The number of hydrogen-bond acceptors (Lipinski definition) is 5. The Morgan fingerprint density at radius 3 is 2.63 bits per heavy atom. The van der Waals surface area contributed by atoms with E-state index in [0.717, 1.165) is 39.9 Å². The van der Waals surface area contributed by atoms with Crippen molar-refractivity contribution >= 4 is 44.3 Å². The molecule has 3 N–H and O–H groups in total. The molecule has 3 aromatic rings. The number of rotatable bonds is 4. The summed E-state index contributed by atoms with van der Waals surface area (Å²) in [7, 11) is 0. The average molecular weight is 424 g/mol. The normalized spacial score (nSPS) is 14.5. The molecule has 0 unspecified atom stereocenters. The lowest BCUT2D eigenvalue weighted by molar-refractivity contribution is -0.114. The van der Waals surface area contributed by atoms with Crippen molar-refractivity contribution in [3.63, 3.8) is 0 Å². The number of aryl methyl sites for hydroxylation is 1. The van der Waals surface area contributed by atoms with Crippen LogP contribution in [0.15, 0.2) is 30.5 Å². The van der Waals surface area contributed by atoms with Gasteiger partial charge in [-0.2, -0.15) is 0 Å². The molecule has 0 saturated heterocycles. The third-order valence-corrected chi connectivity index (χ3v) is 6.21. The number of anilines is 2.